The molecule has 2 aliphatic carbocycles. The van der Waals surface area contributed by atoms with Crippen molar-refractivity contribution in [3.63, 3.8) is 0 Å². The molecule has 2 aromatic carbocycles. The van der Waals surface area contributed by atoms with E-state index in [-0.39, 0.29) is 23.8 Å². The number of ether oxygens (including phenoxy) is 1. The fourth-order valence-corrected chi connectivity index (χ4v) is 5.24. The molecule has 5 rings (SSSR count). The Bertz CT molecular complexity index is 1020. The highest BCUT2D eigenvalue weighted by molar-refractivity contribution is 5.99. The van der Waals surface area contributed by atoms with Crippen molar-refractivity contribution in [3.05, 3.63) is 58.7 Å². The van der Waals surface area contributed by atoms with Crippen molar-refractivity contribution in [2.75, 3.05) is 12.4 Å². The Morgan fingerprint density at radius 1 is 1.06 bits per heavy atom. The Hall–Kier alpha value is -2.82. The lowest BCUT2D eigenvalue weighted by molar-refractivity contribution is -0.121. The molecular formula is C26H30N2O3. The summed E-state index contributed by atoms with van der Waals surface area (Å²) < 4.78 is 5.36. The smallest absolute Gasteiger partial charge is 0.254 e. The third-order valence-corrected chi connectivity index (χ3v) is 7.23. The Kier molecular flexibility index (Phi) is 5.20. The van der Waals surface area contributed by atoms with Gasteiger partial charge in [0.25, 0.3) is 5.91 Å². The van der Waals surface area contributed by atoms with Crippen LogP contribution in [0, 0.1) is 12.8 Å². The van der Waals surface area contributed by atoms with Crippen molar-refractivity contribution >= 4 is 17.5 Å². The number of nitrogens with one attached hydrogen (secondary N) is 1. The van der Waals surface area contributed by atoms with Gasteiger partial charge in [-0.1, -0.05) is 18.2 Å². The van der Waals surface area contributed by atoms with Gasteiger partial charge in [-0.2, -0.15) is 0 Å². The first-order valence-corrected chi connectivity index (χ1v) is 11.4. The zero-order chi connectivity index (χ0) is 21.5. The van der Waals surface area contributed by atoms with Crippen molar-refractivity contribution in [3.8, 4) is 5.75 Å². The van der Waals surface area contributed by atoms with Crippen molar-refractivity contribution in [1.29, 1.82) is 0 Å². The molecule has 1 aliphatic heterocycles. The second-order valence-corrected chi connectivity index (χ2v) is 9.26. The quantitative estimate of drug-likeness (QED) is 0.741. The predicted molar refractivity (Wildman–Crippen MR) is 120 cm³/mol. The third kappa shape index (κ3) is 3.82. The minimum atomic E-state index is -0.00865. The molecule has 3 aliphatic rings. The van der Waals surface area contributed by atoms with Crippen molar-refractivity contribution < 1.29 is 14.3 Å². The largest absolute Gasteiger partial charge is 0.496 e. The molecular weight excluding hydrogens is 388 g/mol. The maximum Gasteiger partial charge on any atom is 0.254 e. The number of nitrogens with zero attached hydrogens (tertiary/aromatic N) is 1. The topological polar surface area (TPSA) is 58.6 Å². The van der Waals surface area contributed by atoms with Gasteiger partial charge >= 0.3 is 0 Å². The number of methoxy groups -OCH3 is 1. The van der Waals surface area contributed by atoms with Gasteiger partial charge in [0.1, 0.15) is 5.75 Å². The molecule has 2 fully saturated rings. The van der Waals surface area contributed by atoms with E-state index in [0.29, 0.717) is 5.92 Å². The maximum atomic E-state index is 13.1. The van der Waals surface area contributed by atoms with Crippen LogP contribution in [0.2, 0.25) is 0 Å². The zero-order valence-corrected chi connectivity index (χ0v) is 18.3. The molecule has 162 valence electrons. The lowest BCUT2D eigenvalue weighted by Gasteiger charge is -2.34. The van der Waals surface area contributed by atoms with Crippen LogP contribution in [0.15, 0.2) is 36.4 Å². The average molecular weight is 419 g/mol. The molecule has 0 radical (unpaired) electrons. The zero-order valence-electron chi connectivity index (χ0n) is 18.3. The summed E-state index contributed by atoms with van der Waals surface area (Å²) >= 11 is 0. The van der Waals surface area contributed by atoms with Crippen LogP contribution in [0.25, 0.3) is 0 Å². The summed E-state index contributed by atoms with van der Waals surface area (Å²) in [7, 11) is 1.64. The van der Waals surface area contributed by atoms with Crippen LogP contribution < -0.4 is 10.1 Å². The predicted octanol–water partition coefficient (Wildman–Crippen LogP) is 5.03. The molecule has 31 heavy (non-hydrogen) atoms. The second kappa shape index (κ2) is 8.03. The van der Waals surface area contributed by atoms with Gasteiger partial charge in [-0.15, -0.1) is 0 Å². The molecule has 2 amide bonds. The van der Waals surface area contributed by atoms with Crippen LogP contribution in [0.5, 0.6) is 5.75 Å². The van der Waals surface area contributed by atoms with Gasteiger partial charge in [-0.25, -0.2) is 0 Å². The number of amides is 2. The molecule has 0 bridgehead atoms. The lowest BCUT2D eigenvalue weighted by atomic mass is 9.84. The Balaban J connectivity index is 1.20. The van der Waals surface area contributed by atoms with Crippen LogP contribution in [0.1, 0.15) is 71.5 Å². The van der Waals surface area contributed by atoms with Gasteiger partial charge in [-0.05, 0) is 80.2 Å². The van der Waals surface area contributed by atoms with Crippen LogP contribution in [0.3, 0.4) is 0 Å². The van der Waals surface area contributed by atoms with Crippen LogP contribution >= 0.6 is 0 Å². The van der Waals surface area contributed by atoms with Gasteiger partial charge in [0.15, 0.2) is 0 Å². The fraction of sp³-hybridized carbons (Fsp3) is 0.462. The SMILES string of the molecule is COc1cc(NC(=O)C2CCC(N3Cc4c(cccc4C4CC4)C3=O)CC2)ccc1C. The van der Waals surface area contributed by atoms with Gasteiger partial charge in [0.05, 0.1) is 7.11 Å². The standard InChI is InChI=1S/C26H30N2O3/c1-16-6-11-19(14-24(16)31-2)27-25(29)18-9-12-20(13-10-18)28-15-23-21(17-7-8-17)4-3-5-22(23)26(28)30/h3-6,11,14,17-18,20H,7-10,12-13,15H2,1-2H3,(H,27,29). The molecule has 1 heterocycles. The number of anilines is 1. The minimum absolute atomic E-state index is 0.00865. The molecule has 2 aromatic rings. The molecule has 0 saturated heterocycles. The molecule has 1 N–H and O–H groups in total. The number of aryl methyl sites for hydroxylation is 1. The normalized spacial score (nSPS) is 22.9. The summed E-state index contributed by atoms with van der Waals surface area (Å²) in [6, 6.07) is 12.2. The summed E-state index contributed by atoms with van der Waals surface area (Å²) in [6.07, 6.45) is 5.89. The van der Waals surface area contributed by atoms with E-state index in [4.69, 9.17) is 4.74 Å². The highest BCUT2D eigenvalue weighted by atomic mass is 16.5. The van der Waals surface area contributed by atoms with Crippen molar-refractivity contribution in [1.82, 2.24) is 4.90 Å². The van der Waals surface area contributed by atoms with E-state index in [0.717, 1.165) is 54.8 Å². The molecule has 0 atom stereocenters. The third-order valence-electron chi connectivity index (χ3n) is 7.23. The van der Waals surface area contributed by atoms with E-state index in [9.17, 15) is 9.59 Å². The lowest BCUT2D eigenvalue weighted by Crippen LogP contribution is -2.40. The number of benzene rings is 2. The second-order valence-electron chi connectivity index (χ2n) is 9.26. The summed E-state index contributed by atoms with van der Waals surface area (Å²) in [6.45, 7) is 2.72. The Morgan fingerprint density at radius 3 is 2.55 bits per heavy atom. The van der Waals surface area contributed by atoms with E-state index in [1.807, 2.05) is 37.3 Å². The number of hydrogen-bond acceptors (Lipinski definition) is 3. The van der Waals surface area contributed by atoms with Gasteiger partial charge in [0.2, 0.25) is 5.91 Å². The first-order chi connectivity index (χ1) is 15.0. The Labute approximate surface area is 183 Å². The van der Waals surface area contributed by atoms with Gasteiger partial charge in [0, 0.05) is 35.8 Å². The summed E-state index contributed by atoms with van der Waals surface area (Å²) in [4.78, 5) is 28.0. The van der Waals surface area contributed by atoms with Gasteiger partial charge in [-0.3, -0.25) is 9.59 Å². The first kappa shape index (κ1) is 20.1. The summed E-state index contributed by atoms with van der Waals surface area (Å²) in [5.41, 5.74) is 5.35. The number of fused-ring (bicyclic) bond motifs is 1. The molecule has 0 unspecified atom stereocenters. The fourth-order valence-electron chi connectivity index (χ4n) is 5.24. The average Bonchev–Trinajstić information content (AvgIpc) is 3.58. The van der Waals surface area contributed by atoms with E-state index in [1.54, 1.807) is 7.11 Å². The first-order valence-electron chi connectivity index (χ1n) is 11.4. The molecule has 5 heteroatoms. The molecule has 0 aromatic heterocycles. The maximum absolute atomic E-state index is 13.1. The molecule has 0 spiro atoms. The van der Waals surface area contributed by atoms with E-state index in [2.05, 4.69) is 16.3 Å². The highest BCUT2D eigenvalue weighted by Crippen LogP contribution is 2.45. The number of rotatable bonds is 5. The van der Waals surface area contributed by atoms with Crippen molar-refractivity contribution in [2.45, 2.75) is 64.0 Å². The van der Waals surface area contributed by atoms with Crippen LogP contribution in [-0.2, 0) is 11.3 Å². The number of carbonyl (C=O) groups excluding carboxylic acids is 2. The number of hydrogen-bond donors (Lipinski definition) is 1. The van der Waals surface area contributed by atoms with E-state index < -0.39 is 0 Å². The van der Waals surface area contributed by atoms with Crippen LogP contribution in [-0.4, -0.2) is 29.9 Å². The summed E-state index contributed by atoms with van der Waals surface area (Å²) in [5, 5.41) is 3.05. The van der Waals surface area contributed by atoms with Crippen molar-refractivity contribution in [2.24, 2.45) is 5.92 Å². The number of carbonyl (C=O) groups is 2. The van der Waals surface area contributed by atoms with E-state index in [1.165, 1.54) is 24.0 Å². The van der Waals surface area contributed by atoms with E-state index >= 15 is 0 Å². The highest BCUT2D eigenvalue weighted by Gasteiger charge is 2.39. The Morgan fingerprint density at radius 2 is 1.84 bits per heavy atom. The monoisotopic (exact) mass is 418 g/mol. The van der Waals surface area contributed by atoms with Crippen LogP contribution in [0.4, 0.5) is 5.69 Å². The summed E-state index contributed by atoms with van der Waals surface area (Å²) in [5.74, 6) is 1.67. The molecule has 2 saturated carbocycles. The van der Waals surface area contributed by atoms with Gasteiger partial charge < -0.3 is 15.0 Å². The minimum Gasteiger partial charge on any atom is -0.496 e. The molecule has 5 nitrogen and oxygen atoms in total.